The number of nitrogens with one attached hydrogen (secondary N) is 1. The van der Waals surface area contributed by atoms with Crippen LogP contribution in [0.4, 0.5) is 24.5 Å². The van der Waals surface area contributed by atoms with Crippen molar-refractivity contribution in [3.63, 3.8) is 0 Å². The van der Waals surface area contributed by atoms with Gasteiger partial charge in [-0.2, -0.15) is 13.2 Å². The van der Waals surface area contributed by atoms with Crippen molar-refractivity contribution >= 4 is 11.4 Å². The summed E-state index contributed by atoms with van der Waals surface area (Å²) in [5.41, 5.74) is 4.92. The summed E-state index contributed by atoms with van der Waals surface area (Å²) in [5, 5.41) is 3.24. The Labute approximate surface area is 117 Å². The lowest BCUT2D eigenvalue weighted by Crippen LogP contribution is -2.24. The Morgan fingerprint density at radius 2 is 2.00 bits per heavy atom. The summed E-state index contributed by atoms with van der Waals surface area (Å²) >= 11 is 0. The van der Waals surface area contributed by atoms with Gasteiger partial charge in [0.05, 0.1) is 5.56 Å². The highest BCUT2D eigenvalue weighted by atomic mass is 19.4. The third-order valence-electron chi connectivity index (χ3n) is 4.46. The zero-order valence-corrected chi connectivity index (χ0v) is 11.8. The number of rotatable bonds is 3. The van der Waals surface area contributed by atoms with Gasteiger partial charge in [-0.3, -0.25) is 0 Å². The molecule has 1 aromatic rings. The molecule has 0 bridgehead atoms. The summed E-state index contributed by atoms with van der Waals surface area (Å²) < 4.78 is 38.5. The second-order valence-corrected chi connectivity index (χ2v) is 5.66. The molecular weight excluding hydrogens is 265 g/mol. The molecule has 112 valence electrons. The van der Waals surface area contributed by atoms with Crippen LogP contribution in [-0.2, 0) is 6.18 Å². The molecule has 0 amide bonds. The highest BCUT2D eigenvalue weighted by Gasteiger charge is 2.34. The van der Waals surface area contributed by atoms with Crippen molar-refractivity contribution in [2.75, 3.05) is 11.1 Å². The van der Waals surface area contributed by atoms with Gasteiger partial charge in [0.25, 0.3) is 0 Å². The molecule has 3 atom stereocenters. The first kappa shape index (κ1) is 15.0. The monoisotopic (exact) mass is 286 g/mol. The van der Waals surface area contributed by atoms with Gasteiger partial charge in [-0.05, 0) is 42.9 Å². The predicted molar refractivity (Wildman–Crippen MR) is 75.4 cm³/mol. The molecule has 0 aromatic heterocycles. The fourth-order valence-corrected chi connectivity index (χ4v) is 3.13. The van der Waals surface area contributed by atoms with E-state index in [-0.39, 0.29) is 11.7 Å². The molecule has 0 radical (unpaired) electrons. The number of alkyl halides is 3. The summed E-state index contributed by atoms with van der Waals surface area (Å²) in [6.07, 6.45) is -1.15. The van der Waals surface area contributed by atoms with Crippen LogP contribution in [0.5, 0.6) is 0 Å². The van der Waals surface area contributed by atoms with Crippen LogP contribution in [0.3, 0.4) is 0 Å². The normalized spacial score (nSPS) is 26.8. The van der Waals surface area contributed by atoms with Gasteiger partial charge in [0.15, 0.2) is 0 Å². The Balaban J connectivity index is 2.15. The van der Waals surface area contributed by atoms with E-state index < -0.39 is 11.7 Å². The first-order valence-corrected chi connectivity index (χ1v) is 7.06. The van der Waals surface area contributed by atoms with E-state index in [2.05, 4.69) is 19.2 Å². The molecule has 3 N–H and O–H groups in total. The van der Waals surface area contributed by atoms with Crippen molar-refractivity contribution < 1.29 is 13.2 Å². The molecule has 20 heavy (non-hydrogen) atoms. The SMILES string of the molecule is CCC1CCC(Nc2ccc(N)c(C(F)(F)F)c2)C1C. The highest BCUT2D eigenvalue weighted by molar-refractivity contribution is 5.58. The van der Waals surface area contributed by atoms with Gasteiger partial charge in [-0.15, -0.1) is 0 Å². The quantitative estimate of drug-likeness (QED) is 0.801. The van der Waals surface area contributed by atoms with Crippen molar-refractivity contribution in [2.24, 2.45) is 11.8 Å². The largest absolute Gasteiger partial charge is 0.418 e. The highest BCUT2D eigenvalue weighted by Crippen LogP contribution is 2.38. The van der Waals surface area contributed by atoms with Crippen molar-refractivity contribution in [3.05, 3.63) is 23.8 Å². The lowest BCUT2D eigenvalue weighted by Gasteiger charge is -2.23. The molecule has 2 nitrogen and oxygen atoms in total. The fraction of sp³-hybridized carbons (Fsp3) is 0.600. The first-order valence-electron chi connectivity index (χ1n) is 7.06. The van der Waals surface area contributed by atoms with E-state index in [1.165, 1.54) is 6.07 Å². The van der Waals surface area contributed by atoms with E-state index in [9.17, 15) is 13.2 Å². The summed E-state index contributed by atoms with van der Waals surface area (Å²) in [5.74, 6) is 1.13. The van der Waals surface area contributed by atoms with E-state index in [4.69, 9.17) is 5.73 Å². The molecule has 5 heteroatoms. The van der Waals surface area contributed by atoms with Gasteiger partial charge in [0, 0.05) is 17.4 Å². The Kier molecular flexibility index (Phi) is 4.16. The van der Waals surface area contributed by atoms with Crippen molar-refractivity contribution in [3.8, 4) is 0 Å². The van der Waals surface area contributed by atoms with Crippen LogP contribution in [0.1, 0.15) is 38.7 Å². The predicted octanol–water partition coefficient (Wildman–Crippen LogP) is 4.52. The van der Waals surface area contributed by atoms with Gasteiger partial charge in [0.1, 0.15) is 0 Å². The molecule has 1 saturated carbocycles. The molecule has 1 aliphatic rings. The van der Waals surface area contributed by atoms with Crippen LogP contribution in [-0.4, -0.2) is 6.04 Å². The van der Waals surface area contributed by atoms with Crippen molar-refractivity contribution in [1.29, 1.82) is 0 Å². The number of anilines is 2. The number of nitrogen functional groups attached to an aromatic ring is 1. The minimum absolute atomic E-state index is 0.228. The molecule has 0 spiro atoms. The summed E-state index contributed by atoms with van der Waals surface area (Å²) in [6, 6.07) is 4.30. The zero-order valence-electron chi connectivity index (χ0n) is 11.8. The Bertz CT molecular complexity index is 471. The number of nitrogens with two attached hydrogens (primary N) is 1. The minimum atomic E-state index is -4.41. The van der Waals surface area contributed by atoms with Crippen LogP contribution in [0.2, 0.25) is 0 Å². The lowest BCUT2D eigenvalue weighted by atomic mass is 9.93. The summed E-state index contributed by atoms with van der Waals surface area (Å²) in [7, 11) is 0. The van der Waals surface area contributed by atoms with Crippen LogP contribution in [0.15, 0.2) is 18.2 Å². The molecule has 2 rings (SSSR count). The molecule has 0 saturated heterocycles. The summed E-state index contributed by atoms with van der Waals surface area (Å²) in [4.78, 5) is 0. The molecule has 3 unspecified atom stereocenters. The van der Waals surface area contributed by atoms with Crippen LogP contribution < -0.4 is 11.1 Å². The first-order chi connectivity index (χ1) is 9.32. The van der Waals surface area contributed by atoms with Gasteiger partial charge in [-0.1, -0.05) is 20.3 Å². The van der Waals surface area contributed by atoms with Gasteiger partial charge in [0.2, 0.25) is 0 Å². The smallest absolute Gasteiger partial charge is 0.398 e. The molecular formula is C15H21F3N2. The number of benzene rings is 1. The van der Waals surface area contributed by atoms with E-state index in [1.54, 1.807) is 6.07 Å². The van der Waals surface area contributed by atoms with Gasteiger partial charge < -0.3 is 11.1 Å². The standard InChI is InChI=1S/C15H21F3N2/c1-3-10-4-7-14(9(10)2)20-11-5-6-13(19)12(8-11)15(16,17)18/h5-6,8-10,14,20H,3-4,7,19H2,1-2H3. The van der Waals surface area contributed by atoms with Crippen LogP contribution >= 0.6 is 0 Å². The van der Waals surface area contributed by atoms with Crippen molar-refractivity contribution in [2.45, 2.75) is 45.3 Å². The maximum Gasteiger partial charge on any atom is 0.418 e. The third kappa shape index (κ3) is 3.02. The second kappa shape index (κ2) is 5.54. The lowest BCUT2D eigenvalue weighted by molar-refractivity contribution is -0.136. The van der Waals surface area contributed by atoms with Gasteiger partial charge >= 0.3 is 6.18 Å². The van der Waals surface area contributed by atoms with Crippen LogP contribution in [0.25, 0.3) is 0 Å². The van der Waals surface area contributed by atoms with Gasteiger partial charge in [-0.25, -0.2) is 0 Å². The van der Waals surface area contributed by atoms with E-state index >= 15 is 0 Å². The fourth-order valence-electron chi connectivity index (χ4n) is 3.13. The maximum atomic E-state index is 12.8. The average molecular weight is 286 g/mol. The number of halogens is 3. The number of hydrogen-bond acceptors (Lipinski definition) is 2. The summed E-state index contributed by atoms with van der Waals surface area (Å²) in [6.45, 7) is 4.33. The minimum Gasteiger partial charge on any atom is -0.398 e. The molecule has 0 aliphatic heterocycles. The topological polar surface area (TPSA) is 38.0 Å². The Morgan fingerprint density at radius 3 is 2.55 bits per heavy atom. The van der Waals surface area contributed by atoms with E-state index in [0.29, 0.717) is 17.5 Å². The molecule has 0 heterocycles. The average Bonchev–Trinajstić information content (AvgIpc) is 2.71. The van der Waals surface area contributed by atoms with E-state index in [1.807, 2.05) is 0 Å². The zero-order chi connectivity index (χ0) is 14.9. The van der Waals surface area contributed by atoms with E-state index in [0.717, 1.165) is 25.3 Å². The maximum absolute atomic E-state index is 12.8. The van der Waals surface area contributed by atoms with Crippen LogP contribution in [0, 0.1) is 11.8 Å². The molecule has 1 fully saturated rings. The molecule has 1 aliphatic carbocycles. The Morgan fingerprint density at radius 1 is 1.30 bits per heavy atom. The second-order valence-electron chi connectivity index (χ2n) is 5.66. The Hall–Kier alpha value is -1.39. The number of hydrogen-bond donors (Lipinski definition) is 2. The third-order valence-corrected chi connectivity index (χ3v) is 4.46. The molecule has 1 aromatic carbocycles. The van der Waals surface area contributed by atoms with Crippen molar-refractivity contribution in [1.82, 2.24) is 0 Å².